The fraction of sp³-hybridized carbons (Fsp3) is 0.318. The molecule has 2 atom stereocenters. The van der Waals surface area contributed by atoms with E-state index in [-0.39, 0.29) is 11.5 Å². The topological polar surface area (TPSA) is 115 Å². The number of fused-ring (bicyclic) bond motifs is 1. The van der Waals surface area contributed by atoms with Crippen LogP contribution in [-0.4, -0.2) is 59.0 Å². The Bertz CT molecular complexity index is 1100. The second kappa shape index (κ2) is 8.35. The van der Waals surface area contributed by atoms with Crippen molar-refractivity contribution in [2.75, 3.05) is 19.4 Å². The molecule has 1 aliphatic rings. The van der Waals surface area contributed by atoms with Gasteiger partial charge in [0.2, 0.25) is 5.91 Å². The van der Waals surface area contributed by atoms with Crippen LogP contribution < -0.4 is 10.6 Å². The van der Waals surface area contributed by atoms with Gasteiger partial charge in [0.25, 0.3) is 11.8 Å². The molecular formula is C22H25FN4O4. The quantitative estimate of drug-likeness (QED) is 0.544. The zero-order valence-electron chi connectivity index (χ0n) is 18.0. The third-order valence-electron chi connectivity index (χ3n) is 5.23. The van der Waals surface area contributed by atoms with Gasteiger partial charge in [0.05, 0.1) is 17.2 Å². The molecule has 3 amide bonds. The summed E-state index contributed by atoms with van der Waals surface area (Å²) in [5.74, 6) is -1.79. The van der Waals surface area contributed by atoms with Crippen LogP contribution in [0.4, 0.5) is 10.1 Å². The van der Waals surface area contributed by atoms with Gasteiger partial charge in [-0.2, -0.15) is 0 Å². The lowest BCUT2D eigenvalue weighted by Crippen LogP contribution is -2.52. The summed E-state index contributed by atoms with van der Waals surface area (Å²) in [4.78, 5) is 42.0. The van der Waals surface area contributed by atoms with Gasteiger partial charge in [-0.15, -0.1) is 0 Å². The Morgan fingerprint density at radius 1 is 1.26 bits per heavy atom. The summed E-state index contributed by atoms with van der Waals surface area (Å²) in [7, 11) is 3.07. The van der Waals surface area contributed by atoms with E-state index in [4.69, 9.17) is 0 Å². The van der Waals surface area contributed by atoms with Crippen molar-refractivity contribution in [1.82, 2.24) is 15.2 Å². The molecule has 0 radical (unpaired) electrons. The predicted octanol–water partition coefficient (Wildman–Crippen LogP) is 1.83. The average Bonchev–Trinajstić information content (AvgIpc) is 3.14. The molecule has 0 saturated heterocycles. The summed E-state index contributed by atoms with van der Waals surface area (Å²) >= 11 is 0. The van der Waals surface area contributed by atoms with Gasteiger partial charge in [0.1, 0.15) is 11.9 Å². The number of aryl methyl sites for hydroxylation is 1. The molecule has 0 bridgehead atoms. The average molecular weight is 428 g/mol. The minimum Gasteiger partial charge on any atom is -0.391 e. The number of anilines is 1. The van der Waals surface area contributed by atoms with Crippen molar-refractivity contribution in [3.8, 4) is 0 Å². The number of hydrogen-bond acceptors (Lipinski definition) is 4. The zero-order chi connectivity index (χ0) is 23.0. The van der Waals surface area contributed by atoms with E-state index in [1.165, 1.54) is 44.1 Å². The normalized spacial score (nSPS) is 16.0. The van der Waals surface area contributed by atoms with Crippen molar-refractivity contribution in [1.29, 1.82) is 0 Å². The number of hydrogen-bond donors (Lipinski definition) is 4. The molecular weight excluding hydrogens is 403 g/mol. The number of carbonyl (C=O) groups is 3. The minimum atomic E-state index is -1.10. The summed E-state index contributed by atoms with van der Waals surface area (Å²) in [5, 5.41) is 15.2. The summed E-state index contributed by atoms with van der Waals surface area (Å²) in [6.07, 6.45) is 0.477. The summed E-state index contributed by atoms with van der Waals surface area (Å²) in [6, 6.07) is 2.93. The maximum atomic E-state index is 13.7. The highest BCUT2D eigenvalue weighted by atomic mass is 19.1. The zero-order valence-corrected chi connectivity index (χ0v) is 18.0. The molecule has 0 unspecified atom stereocenters. The molecule has 0 spiro atoms. The molecule has 8 nitrogen and oxygen atoms in total. The van der Waals surface area contributed by atoms with E-state index in [0.29, 0.717) is 33.8 Å². The number of benzene rings is 1. The maximum Gasteiger partial charge on any atom is 0.256 e. The van der Waals surface area contributed by atoms with E-state index in [0.717, 1.165) is 0 Å². The smallest absolute Gasteiger partial charge is 0.256 e. The number of aliphatic hydroxyl groups is 1. The van der Waals surface area contributed by atoms with Crippen LogP contribution in [0.25, 0.3) is 11.6 Å². The number of aromatic amines is 1. The number of rotatable bonds is 5. The van der Waals surface area contributed by atoms with Crippen molar-refractivity contribution in [2.24, 2.45) is 0 Å². The molecule has 0 saturated carbocycles. The van der Waals surface area contributed by atoms with Gasteiger partial charge >= 0.3 is 0 Å². The van der Waals surface area contributed by atoms with Crippen LogP contribution in [0.1, 0.15) is 39.8 Å². The number of nitrogens with one attached hydrogen (secondary N) is 3. The monoisotopic (exact) mass is 428 g/mol. The number of amides is 3. The largest absolute Gasteiger partial charge is 0.391 e. The molecule has 1 aliphatic heterocycles. The first kappa shape index (κ1) is 22.2. The molecule has 31 heavy (non-hydrogen) atoms. The second-order valence-electron chi connectivity index (χ2n) is 7.79. The molecule has 2 heterocycles. The molecule has 4 N–H and O–H groups in total. The van der Waals surface area contributed by atoms with Gasteiger partial charge in [0.15, 0.2) is 0 Å². The molecule has 2 aromatic rings. The second-order valence-corrected chi connectivity index (χ2v) is 7.79. The Labute approximate surface area is 179 Å². The highest BCUT2D eigenvalue weighted by Crippen LogP contribution is 2.34. The lowest BCUT2D eigenvalue weighted by molar-refractivity contribution is -0.133. The first-order chi connectivity index (χ1) is 14.5. The third-order valence-corrected chi connectivity index (χ3v) is 5.23. The van der Waals surface area contributed by atoms with E-state index in [1.54, 1.807) is 19.9 Å². The van der Waals surface area contributed by atoms with Crippen LogP contribution in [0.15, 0.2) is 18.2 Å². The molecule has 0 aliphatic carbocycles. The van der Waals surface area contributed by atoms with Crippen LogP contribution in [-0.2, 0) is 9.59 Å². The molecule has 164 valence electrons. The van der Waals surface area contributed by atoms with Crippen LogP contribution in [0.3, 0.4) is 0 Å². The number of nitrogens with zero attached hydrogens (tertiary/aromatic N) is 1. The van der Waals surface area contributed by atoms with Crippen molar-refractivity contribution in [2.45, 2.75) is 32.9 Å². The summed E-state index contributed by atoms with van der Waals surface area (Å²) in [6.45, 7) is 4.82. The van der Waals surface area contributed by atoms with Gasteiger partial charge < -0.3 is 25.6 Å². The first-order valence-electron chi connectivity index (χ1n) is 9.73. The Morgan fingerprint density at radius 2 is 1.94 bits per heavy atom. The summed E-state index contributed by atoms with van der Waals surface area (Å²) < 4.78 is 13.7. The number of aromatic nitrogens is 1. The van der Waals surface area contributed by atoms with Crippen LogP contribution in [0.2, 0.25) is 0 Å². The molecule has 1 aromatic heterocycles. The van der Waals surface area contributed by atoms with E-state index < -0.39 is 29.8 Å². The standard InChI is InChI=1S/C22H25FN4O4/c1-10-17(9-15-14-8-13(23)6-7-16(14)25-20(15)29)24-11(2)18(10)21(30)26-19(12(3)28)22(31)27(4)5/h6-9,12,19,24,28H,1-5H3,(H,25,29)(H,26,30)/t12-,19+/m1/s1. The lowest BCUT2D eigenvalue weighted by Gasteiger charge is -2.24. The highest BCUT2D eigenvalue weighted by molar-refractivity contribution is 6.34. The minimum absolute atomic E-state index is 0.274. The molecule has 0 fully saturated rings. The Kier molecular flexibility index (Phi) is 5.99. The fourth-order valence-corrected chi connectivity index (χ4v) is 3.59. The SMILES string of the molecule is Cc1[nH]c(C=C2C(=O)Nc3ccc(F)cc32)c(C)c1C(=O)N[C@H](C(=O)N(C)C)[C@@H](C)O. The van der Waals surface area contributed by atoms with Gasteiger partial charge in [-0.3, -0.25) is 14.4 Å². The molecule has 1 aromatic carbocycles. The molecule has 9 heteroatoms. The van der Waals surface area contributed by atoms with Crippen LogP contribution in [0.5, 0.6) is 0 Å². The number of likely N-dealkylation sites (N-methyl/N-ethyl adjacent to an activating group) is 1. The maximum absolute atomic E-state index is 13.7. The first-order valence-corrected chi connectivity index (χ1v) is 9.73. The number of aliphatic hydroxyl groups excluding tert-OH is 1. The summed E-state index contributed by atoms with van der Waals surface area (Å²) in [5.41, 5.74) is 3.13. The van der Waals surface area contributed by atoms with Gasteiger partial charge in [-0.25, -0.2) is 4.39 Å². The Morgan fingerprint density at radius 3 is 2.55 bits per heavy atom. The van der Waals surface area contributed by atoms with Gasteiger partial charge in [0, 0.05) is 36.7 Å². The predicted molar refractivity (Wildman–Crippen MR) is 115 cm³/mol. The number of H-pyrrole nitrogens is 1. The number of carbonyl (C=O) groups excluding carboxylic acids is 3. The van der Waals surface area contributed by atoms with Crippen molar-refractivity contribution in [3.63, 3.8) is 0 Å². The van der Waals surface area contributed by atoms with Gasteiger partial charge in [-0.1, -0.05) is 0 Å². The Balaban J connectivity index is 1.96. The molecule has 3 rings (SSSR count). The lowest BCUT2D eigenvalue weighted by atomic mass is 10.0. The van der Waals surface area contributed by atoms with Crippen molar-refractivity contribution in [3.05, 3.63) is 52.1 Å². The van der Waals surface area contributed by atoms with E-state index in [9.17, 15) is 23.9 Å². The van der Waals surface area contributed by atoms with Crippen molar-refractivity contribution < 1.29 is 23.9 Å². The van der Waals surface area contributed by atoms with E-state index in [2.05, 4.69) is 15.6 Å². The third kappa shape index (κ3) is 4.22. The van der Waals surface area contributed by atoms with Crippen molar-refractivity contribution >= 4 is 35.1 Å². The highest BCUT2D eigenvalue weighted by Gasteiger charge is 2.30. The van der Waals surface area contributed by atoms with Gasteiger partial charge in [-0.05, 0) is 50.6 Å². The van der Waals surface area contributed by atoms with Crippen LogP contribution >= 0.6 is 0 Å². The van der Waals surface area contributed by atoms with E-state index in [1.807, 2.05) is 0 Å². The number of halogens is 1. The Hall–Kier alpha value is -3.46. The fourth-order valence-electron chi connectivity index (χ4n) is 3.59. The van der Waals surface area contributed by atoms with Crippen LogP contribution in [0, 0.1) is 19.7 Å². The van der Waals surface area contributed by atoms with E-state index >= 15 is 0 Å².